The molecule has 0 atom stereocenters. The summed E-state index contributed by atoms with van der Waals surface area (Å²) in [5.74, 6) is 0.878. The Morgan fingerprint density at radius 2 is 1.95 bits per heavy atom. The summed E-state index contributed by atoms with van der Waals surface area (Å²) in [6.45, 7) is 6.44. The van der Waals surface area contributed by atoms with E-state index in [4.69, 9.17) is 4.74 Å². The molecule has 1 aromatic carbocycles. The van der Waals surface area contributed by atoms with Gasteiger partial charge in [-0.25, -0.2) is 0 Å². The van der Waals surface area contributed by atoms with Crippen molar-refractivity contribution in [3.8, 4) is 5.75 Å². The van der Waals surface area contributed by atoms with Crippen LogP contribution in [0.25, 0.3) is 0 Å². The van der Waals surface area contributed by atoms with Crippen LogP contribution in [-0.4, -0.2) is 16.8 Å². The Labute approximate surface area is 134 Å². The largest absolute Gasteiger partial charge is 0.487 e. The van der Waals surface area contributed by atoms with Crippen LogP contribution in [-0.2, 0) is 26.1 Å². The Hall–Kier alpha value is -1.33. The van der Waals surface area contributed by atoms with E-state index < -0.39 is 0 Å². The fourth-order valence-electron chi connectivity index (χ4n) is 2.21. The molecule has 0 saturated heterocycles. The van der Waals surface area contributed by atoms with E-state index in [1.807, 2.05) is 23.9 Å². The van der Waals surface area contributed by atoms with Crippen LogP contribution in [0, 0.1) is 0 Å². The molecule has 0 aliphatic rings. The van der Waals surface area contributed by atoms with Crippen molar-refractivity contribution in [3.05, 3.63) is 45.7 Å². The lowest BCUT2D eigenvalue weighted by molar-refractivity contribution is 0.291. The molecule has 114 valence electrons. The van der Waals surface area contributed by atoms with Crippen molar-refractivity contribution in [2.75, 3.05) is 7.05 Å². The van der Waals surface area contributed by atoms with Gasteiger partial charge in [-0.3, -0.25) is 4.68 Å². The number of benzene rings is 1. The maximum atomic E-state index is 5.90. The Kier molecular flexibility index (Phi) is 5.82. The minimum absolute atomic E-state index is 0.521. The summed E-state index contributed by atoms with van der Waals surface area (Å²) in [6, 6.07) is 8.17. The molecule has 0 unspecified atom stereocenters. The fourth-order valence-corrected chi connectivity index (χ4v) is 2.89. The Balaban J connectivity index is 2.07. The lowest BCUT2D eigenvalue weighted by atomic mass is 10.2. The first-order valence-electron chi connectivity index (χ1n) is 7.30. The number of aromatic nitrogens is 2. The van der Waals surface area contributed by atoms with Gasteiger partial charge in [0, 0.05) is 13.1 Å². The van der Waals surface area contributed by atoms with Crippen LogP contribution < -0.4 is 10.1 Å². The quantitative estimate of drug-likeness (QED) is 0.829. The van der Waals surface area contributed by atoms with Crippen molar-refractivity contribution in [1.29, 1.82) is 0 Å². The van der Waals surface area contributed by atoms with Crippen LogP contribution in [0.2, 0.25) is 0 Å². The van der Waals surface area contributed by atoms with Crippen molar-refractivity contribution in [3.63, 3.8) is 0 Å². The van der Waals surface area contributed by atoms with E-state index in [2.05, 4.69) is 52.3 Å². The molecule has 21 heavy (non-hydrogen) atoms. The minimum Gasteiger partial charge on any atom is -0.487 e. The maximum absolute atomic E-state index is 5.90. The third-order valence-corrected chi connectivity index (χ3v) is 4.29. The zero-order valence-electron chi connectivity index (χ0n) is 12.8. The van der Waals surface area contributed by atoms with Gasteiger partial charge in [0.1, 0.15) is 12.4 Å². The Bertz CT molecular complexity index is 578. The first-order chi connectivity index (χ1) is 10.2. The Morgan fingerprint density at radius 1 is 1.24 bits per heavy atom. The highest BCUT2D eigenvalue weighted by atomic mass is 79.9. The molecule has 0 amide bonds. The SMILES string of the molecule is CCc1nn(CC)c(COc2ccc(CNC)cc2)c1Br. The third-order valence-electron chi connectivity index (χ3n) is 3.37. The minimum atomic E-state index is 0.521. The van der Waals surface area contributed by atoms with Crippen LogP contribution >= 0.6 is 15.9 Å². The monoisotopic (exact) mass is 351 g/mol. The Morgan fingerprint density at radius 3 is 2.52 bits per heavy atom. The molecule has 5 heteroatoms. The van der Waals surface area contributed by atoms with E-state index in [0.29, 0.717) is 6.61 Å². The highest BCUT2D eigenvalue weighted by Gasteiger charge is 2.14. The van der Waals surface area contributed by atoms with Crippen molar-refractivity contribution in [2.45, 2.75) is 40.0 Å². The molecule has 0 aliphatic heterocycles. The first-order valence-corrected chi connectivity index (χ1v) is 8.09. The van der Waals surface area contributed by atoms with E-state index in [1.165, 1.54) is 5.56 Å². The molecule has 1 N–H and O–H groups in total. The molecule has 0 aliphatic carbocycles. The number of ether oxygens (including phenoxy) is 1. The molecule has 1 heterocycles. The molecular formula is C16H22BrN3O. The van der Waals surface area contributed by atoms with Crippen molar-refractivity contribution >= 4 is 15.9 Å². The number of nitrogens with zero attached hydrogens (tertiary/aromatic N) is 2. The molecule has 1 aromatic heterocycles. The van der Waals surface area contributed by atoms with Gasteiger partial charge in [0.05, 0.1) is 15.9 Å². The van der Waals surface area contributed by atoms with E-state index in [0.717, 1.165) is 41.1 Å². The molecule has 0 spiro atoms. The van der Waals surface area contributed by atoms with Crippen LogP contribution in [0.5, 0.6) is 5.75 Å². The molecular weight excluding hydrogens is 330 g/mol. The summed E-state index contributed by atoms with van der Waals surface area (Å²) in [5.41, 5.74) is 3.42. The second-order valence-electron chi connectivity index (χ2n) is 4.84. The van der Waals surface area contributed by atoms with Crippen LogP contribution in [0.1, 0.15) is 30.8 Å². The summed E-state index contributed by atoms with van der Waals surface area (Å²) < 4.78 is 8.96. The first kappa shape index (κ1) is 16.0. The smallest absolute Gasteiger partial charge is 0.131 e. The molecule has 2 rings (SSSR count). The summed E-state index contributed by atoms with van der Waals surface area (Å²) in [4.78, 5) is 0. The number of aryl methyl sites for hydroxylation is 2. The van der Waals surface area contributed by atoms with Gasteiger partial charge in [0.15, 0.2) is 0 Å². The van der Waals surface area contributed by atoms with Crippen LogP contribution in [0.3, 0.4) is 0 Å². The fraction of sp³-hybridized carbons (Fsp3) is 0.438. The standard InChI is InChI=1S/C16H22BrN3O/c1-4-14-16(17)15(20(5-2)19-14)11-21-13-8-6-12(7-9-13)10-18-3/h6-9,18H,4-5,10-11H2,1-3H3. The average molecular weight is 352 g/mol. The normalized spacial score (nSPS) is 10.9. The third kappa shape index (κ3) is 3.86. The molecule has 0 saturated carbocycles. The highest BCUT2D eigenvalue weighted by molar-refractivity contribution is 9.10. The highest BCUT2D eigenvalue weighted by Crippen LogP contribution is 2.24. The topological polar surface area (TPSA) is 39.1 Å². The molecule has 0 radical (unpaired) electrons. The second-order valence-corrected chi connectivity index (χ2v) is 5.63. The zero-order chi connectivity index (χ0) is 15.2. The summed E-state index contributed by atoms with van der Waals surface area (Å²) in [6.07, 6.45) is 0.916. The number of rotatable bonds is 7. The second kappa shape index (κ2) is 7.61. The van der Waals surface area contributed by atoms with Gasteiger partial charge in [-0.2, -0.15) is 5.10 Å². The lowest BCUT2D eigenvalue weighted by Gasteiger charge is -2.09. The van der Waals surface area contributed by atoms with Gasteiger partial charge in [-0.1, -0.05) is 19.1 Å². The molecule has 0 bridgehead atoms. The lowest BCUT2D eigenvalue weighted by Crippen LogP contribution is -2.07. The molecule has 4 nitrogen and oxygen atoms in total. The molecule has 0 fully saturated rings. The van der Waals surface area contributed by atoms with Crippen molar-refractivity contribution in [1.82, 2.24) is 15.1 Å². The van der Waals surface area contributed by atoms with Gasteiger partial charge in [-0.05, 0) is 54.0 Å². The number of nitrogens with one attached hydrogen (secondary N) is 1. The maximum Gasteiger partial charge on any atom is 0.131 e. The zero-order valence-corrected chi connectivity index (χ0v) is 14.4. The summed E-state index contributed by atoms with van der Waals surface area (Å²) in [5, 5.41) is 7.71. The van der Waals surface area contributed by atoms with Crippen molar-refractivity contribution in [2.24, 2.45) is 0 Å². The van der Waals surface area contributed by atoms with Gasteiger partial charge in [-0.15, -0.1) is 0 Å². The van der Waals surface area contributed by atoms with E-state index in [1.54, 1.807) is 0 Å². The van der Waals surface area contributed by atoms with Crippen LogP contribution in [0.15, 0.2) is 28.7 Å². The molecule has 2 aromatic rings. The number of hydrogen-bond acceptors (Lipinski definition) is 3. The number of hydrogen-bond donors (Lipinski definition) is 1. The van der Waals surface area contributed by atoms with E-state index >= 15 is 0 Å². The summed E-state index contributed by atoms with van der Waals surface area (Å²) in [7, 11) is 1.94. The van der Waals surface area contributed by atoms with Gasteiger partial charge < -0.3 is 10.1 Å². The summed E-state index contributed by atoms with van der Waals surface area (Å²) >= 11 is 3.64. The van der Waals surface area contributed by atoms with Crippen molar-refractivity contribution < 1.29 is 4.74 Å². The van der Waals surface area contributed by atoms with E-state index in [-0.39, 0.29) is 0 Å². The predicted octanol–water partition coefficient (Wildman–Crippen LogP) is 3.53. The van der Waals surface area contributed by atoms with Crippen LogP contribution in [0.4, 0.5) is 0 Å². The van der Waals surface area contributed by atoms with Gasteiger partial charge >= 0.3 is 0 Å². The predicted molar refractivity (Wildman–Crippen MR) is 88.5 cm³/mol. The van der Waals surface area contributed by atoms with Gasteiger partial charge in [0.25, 0.3) is 0 Å². The van der Waals surface area contributed by atoms with E-state index in [9.17, 15) is 0 Å². The average Bonchev–Trinajstić information content (AvgIpc) is 2.82. The van der Waals surface area contributed by atoms with Gasteiger partial charge in [0.2, 0.25) is 0 Å². The number of halogens is 1.